The molecule has 0 saturated heterocycles. The van der Waals surface area contributed by atoms with Crippen molar-refractivity contribution in [2.24, 2.45) is 0 Å². The third-order valence-corrected chi connectivity index (χ3v) is 5.88. The maximum absolute atomic E-state index is 6.35. The van der Waals surface area contributed by atoms with E-state index in [0.29, 0.717) is 0 Å². The normalized spacial score (nSPS) is 11.8. The van der Waals surface area contributed by atoms with Crippen LogP contribution in [0.5, 0.6) is 0 Å². The molecule has 0 fully saturated rings. The van der Waals surface area contributed by atoms with Gasteiger partial charge in [-0.1, -0.05) is 48.0 Å². The van der Waals surface area contributed by atoms with Crippen molar-refractivity contribution in [2.75, 3.05) is 0 Å². The number of para-hydroxylation sites is 1. The summed E-state index contributed by atoms with van der Waals surface area (Å²) in [5.74, 6) is 0. The SMILES string of the molecule is Cc1cc(Cl)cc(-n2c3ccccc3c3sc4ccccc4c32)c1. The second kappa shape index (κ2) is 5.10. The maximum atomic E-state index is 6.35. The molecule has 2 aromatic heterocycles. The Labute approximate surface area is 148 Å². The van der Waals surface area contributed by atoms with Gasteiger partial charge >= 0.3 is 0 Å². The van der Waals surface area contributed by atoms with Crippen molar-refractivity contribution in [2.45, 2.75) is 6.92 Å². The van der Waals surface area contributed by atoms with Crippen LogP contribution in [0.1, 0.15) is 5.56 Å². The summed E-state index contributed by atoms with van der Waals surface area (Å²) in [7, 11) is 0. The van der Waals surface area contributed by atoms with Crippen molar-refractivity contribution in [1.29, 1.82) is 0 Å². The van der Waals surface area contributed by atoms with Gasteiger partial charge in [0.15, 0.2) is 0 Å². The standard InChI is InChI=1S/C21H14ClNS/c1-13-10-14(22)12-15(11-13)23-18-8-4-2-6-16(18)21-20(23)17-7-3-5-9-19(17)24-21/h2-12H,1H3. The molecule has 3 aromatic carbocycles. The fraction of sp³-hybridized carbons (Fsp3) is 0.0476. The minimum absolute atomic E-state index is 0.774. The van der Waals surface area contributed by atoms with Gasteiger partial charge in [-0.2, -0.15) is 0 Å². The molecular weight excluding hydrogens is 334 g/mol. The highest BCUT2D eigenvalue weighted by Crippen LogP contribution is 2.42. The first-order chi connectivity index (χ1) is 11.7. The monoisotopic (exact) mass is 347 g/mol. The lowest BCUT2D eigenvalue weighted by molar-refractivity contribution is 1.18. The van der Waals surface area contributed by atoms with Gasteiger partial charge in [0.05, 0.1) is 15.7 Å². The molecule has 0 aliphatic carbocycles. The van der Waals surface area contributed by atoms with Gasteiger partial charge < -0.3 is 4.57 Å². The molecule has 0 unspecified atom stereocenters. The van der Waals surface area contributed by atoms with Crippen molar-refractivity contribution in [3.05, 3.63) is 77.3 Å². The molecule has 0 atom stereocenters. The average Bonchev–Trinajstić information content (AvgIpc) is 3.08. The van der Waals surface area contributed by atoms with Crippen molar-refractivity contribution < 1.29 is 0 Å². The van der Waals surface area contributed by atoms with Crippen LogP contribution < -0.4 is 0 Å². The van der Waals surface area contributed by atoms with E-state index in [2.05, 4.69) is 66.1 Å². The molecule has 2 heterocycles. The topological polar surface area (TPSA) is 4.93 Å². The first kappa shape index (κ1) is 14.1. The van der Waals surface area contributed by atoms with Crippen LogP contribution >= 0.6 is 22.9 Å². The minimum atomic E-state index is 0.774. The number of thiophene rings is 1. The highest BCUT2D eigenvalue weighted by atomic mass is 35.5. The Kier molecular flexibility index (Phi) is 2.99. The van der Waals surface area contributed by atoms with Crippen LogP contribution in [0.25, 0.3) is 36.9 Å². The molecule has 5 rings (SSSR count). The van der Waals surface area contributed by atoms with Gasteiger partial charge in [0.25, 0.3) is 0 Å². The van der Waals surface area contributed by atoms with Crippen molar-refractivity contribution in [1.82, 2.24) is 4.57 Å². The summed E-state index contributed by atoms with van der Waals surface area (Å²) in [6, 6.07) is 23.5. The van der Waals surface area contributed by atoms with E-state index in [1.165, 1.54) is 36.8 Å². The van der Waals surface area contributed by atoms with E-state index in [9.17, 15) is 0 Å². The third-order valence-electron chi connectivity index (χ3n) is 4.47. The number of benzene rings is 3. The molecule has 0 saturated carbocycles. The summed E-state index contributed by atoms with van der Waals surface area (Å²) >= 11 is 8.21. The Morgan fingerprint density at radius 3 is 2.46 bits per heavy atom. The zero-order valence-electron chi connectivity index (χ0n) is 13.1. The molecule has 5 aromatic rings. The Balaban J connectivity index is 2.04. The molecule has 116 valence electrons. The average molecular weight is 348 g/mol. The van der Waals surface area contributed by atoms with Gasteiger partial charge in [0.1, 0.15) is 0 Å². The molecule has 0 bridgehead atoms. The van der Waals surface area contributed by atoms with Crippen molar-refractivity contribution in [3.63, 3.8) is 0 Å². The minimum Gasteiger partial charge on any atom is -0.308 e. The molecule has 24 heavy (non-hydrogen) atoms. The van der Waals surface area contributed by atoms with Crippen molar-refractivity contribution in [3.8, 4) is 5.69 Å². The molecular formula is C21H14ClNS. The zero-order chi connectivity index (χ0) is 16.3. The lowest BCUT2D eigenvalue weighted by atomic mass is 10.2. The van der Waals surface area contributed by atoms with E-state index >= 15 is 0 Å². The van der Waals surface area contributed by atoms with Crippen LogP contribution in [0.3, 0.4) is 0 Å². The third kappa shape index (κ3) is 1.94. The summed E-state index contributed by atoms with van der Waals surface area (Å²) in [5, 5.41) is 3.37. The fourth-order valence-electron chi connectivity index (χ4n) is 3.53. The summed E-state index contributed by atoms with van der Waals surface area (Å²) in [6.07, 6.45) is 0. The Morgan fingerprint density at radius 1 is 0.875 bits per heavy atom. The summed E-state index contributed by atoms with van der Waals surface area (Å²) in [5.41, 5.74) is 4.79. The number of hydrogen-bond acceptors (Lipinski definition) is 1. The molecule has 0 amide bonds. The zero-order valence-corrected chi connectivity index (χ0v) is 14.7. The molecule has 1 nitrogen and oxygen atoms in total. The van der Waals surface area contributed by atoms with E-state index in [0.717, 1.165) is 10.7 Å². The predicted octanol–water partition coefficient (Wildman–Crippen LogP) is 6.96. The smallest absolute Gasteiger partial charge is 0.0727 e. The first-order valence-corrected chi connectivity index (χ1v) is 9.10. The predicted molar refractivity (Wildman–Crippen MR) is 106 cm³/mol. The molecule has 0 aliphatic rings. The van der Waals surface area contributed by atoms with Gasteiger partial charge in [-0.15, -0.1) is 11.3 Å². The Morgan fingerprint density at radius 2 is 1.62 bits per heavy atom. The maximum Gasteiger partial charge on any atom is 0.0727 e. The molecule has 0 aliphatic heterocycles. The van der Waals surface area contributed by atoms with E-state index in [1.54, 1.807) is 0 Å². The molecule has 0 N–H and O–H groups in total. The molecule has 0 radical (unpaired) electrons. The molecule has 0 spiro atoms. The van der Waals surface area contributed by atoms with E-state index in [1.807, 2.05) is 23.5 Å². The largest absolute Gasteiger partial charge is 0.308 e. The van der Waals surface area contributed by atoms with Crippen LogP contribution in [0.2, 0.25) is 5.02 Å². The number of nitrogens with zero attached hydrogens (tertiary/aromatic N) is 1. The second-order valence-electron chi connectivity index (χ2n) is 6.12. The summed E-state index contributed by atoms with van der Waals surface area (Å²) in [4.78, 5) is 0. The van der Waals surface area contributed by atoms with E-state index in [-0.39, 0.29) is 0 Å². The highest BCUT2D eigenvalue weighted by Gasteiger charge is 2.17. The number of halogens is 1. The number of aromatic nitrogens is 1. The Bertz CT molecular complexity index is 1200. The summed E-state index contributed by atoms with van der Waals surface area (Å²) in [6.45, 7) is 2.09. The van der Waals surface area contributed by atoms with Crippen molar-refractivity contribution >= 4 is 54.1 Å². The lowest BCUT2D eigenvalue weighted by Crippen LogP contribution is -1.94. The van der Waals surface area contributed by atoms with Crippen LogP contribution in [0, 0.1) is 6.92 Å². The van der Waals surface area contributed by atoms with E-state index in [4.69, 9.17) is 11.6 Å². The number of fused-ring (bicyclic) bond motifs is 5. The quantitative estimate of drug-likeness (QED) is 0.309. The van der Waals surface area contributed by atoms with Crippen LogP contribution in [-0.4, -0.2) is 4.57 Å². The first-order valence-electron chi connectivity index (χ1n) is 7.90. The number of hydrogen-bond donors (Lipinski definition) is 0. The number of aryl methyl sites for hydroxylation is 1. The Hall–Kier alpha value is -2.29. The number of rotatable bonds is 1. The fourth-order valence-corrected chi connectivity index (χ4v) is 5.04. The summed E-state index contributed by atoms with van der Waals surface area (Å²) < 4.78 is 5.01. The molecule has 3 heteroatoms. The van der Waals surface area contributed by atoms with Gasteiger partial charge in [-0.25, -0.2) is 0 Å². The lowest BCUT2D eigenvalue weighted by Gasteiger charge is -2.09. The van der Waals surface area contributed by atoms with Gasteiger partial charge in [0.2, 0.25) is 0 Å². The van der Waals surface area contributed by atoms with Crippen LogP contribution in [0.4, 0.5) is 0 Å². The van der Waals surface area contributed by atoms with Gasteiger partial charge in [-0.05, 0) is 42.8 Å². The van der Waals surface area contributed by atoms with Crippen LogP contribution in [0.15, 0.2) is 66.7 Å². The second-order valence-corrected chi connectivity index (χ2v) is 7.60. The highest BCUT2D eigenvalue weighted by molar-refractivity contribution is 7.26. The van der Waals surface area contributed by atoms with E-state index < -0.39 is 0 Å². The van der Waals surface area contributed by atoms with Gasteiger partial charge in [0, 0.05) is 26.2 Å². The van der Waals surface area contributed by atoms with Gasteiger partial charge in [-0.3, -0.25) is 0 Å². The van der Waals surface area contributed by atoms with Crippen LogP contribution in [-0.2, 0) is 0 Å².